The molecular formula is C12H17Cl2N3. The fourth-order valence-electron chi connectivity index (χ4n) is 1.54. The molecule has 0 radical (unpaired) electrons. The van der Waals surface area contributed by atoms with Crippen molar-refractivity contribution >= 4 is 29.0 Å². The molecule has 0 aromatic heterocycles. The molecule has 3 N–H and O–H groups in total. The summed E-state index contributed by atoms with van der Waals surface area (Å²) in [4.78, 5) is 2.18. The van der Waals surface area contributed by atoms with Crippen LogP contribution < -0.4 is 5.73 Å². The van der Waals surface area contributed by atoms with Crippen molar-refractivity contribution in [1.29, 1.82) is 5.41 Å². The van der Waals surface area contributed by atoms with Gasteiger partial charge in [0, 0.05) is 19.5 Å². The van der Waals surface area contributed by atoms with Crippen molar-refractivity contribution in [3.05, 3.63) is 33.8 Å². The Bertz CT molecular complexity index is 393. The number of nitrogens with two attached hydrogens (primary N) is 1. The molecule has 0 aliphatic heterocycles. The number of nitrogens with zero attached hydrogens (tertiary/aromatic N) is 1. The van der Waals surface area contributed by atoms with E-state index in [-0.39, 0.29) is 5.84 Å². The van der Waals surface area contributed by atoms with Gasteiger partial charge in [0.15, 0.2) is 0 Å². The van der Waals surface area contributed by atoms with E-state index in [0.717, 1.165) is 25.2 Å². The lowest BCUT2D eigenvalue weighted by Crippen LogP contribution is -2.27. The van der Waals surface area contributed by atoms with Crippen LogP contribution in [0.15, 0.2) is 18.2 Å². The van der Waals surface area contributed by atoms with Crippen LogP contribution in [0.4, 0.5) is 0 Å². The van der Waals surface area contributed by atoms with Crippen molar-refractivity contribution in [3.8, 4) is 0 Å². The zero-order valence-corrected chi connectivity index (χ0v) is 11.4. The summed E-state index contributed by atoms with van der Waals surface area (Å²) >= 11 is 12.1. The number of rotatable bonds is 6. The molecule has 0 heterocycles. The fraction of sp³-hybridized carbons (Fsp3) is 0.417. The first-order chi connectivity index (χ1) is 8.04. The second-order valence-electron chi connectivity index (χ2n) is 3.86. The number of hydrogen-bond acceptors (Lipinski definition) is 2. The second-order valence-corrected chi connectivity index (χ2v) is 4.64. The molecule has 1 rings (SSSR count). The molecule has 0 atom stereocenters. The third-order valence-electron chi connectivity index (χ3n) is 2.57. The second kappa shape index (κ2) is 6.84. The molecule has 94 valence electrons. The zero-order valence-electron chi connectivity index (χ0n) is 9.84. The highest BCUT2D eigenvalue weighted by atomic mass is 35.5. The maximum absolute atomic E-state index is 7.22. The van der Waals surface area contributed by atoms with Crippen molar-refractivity contribution in [2.75, 3.05) is 13.1 Å². The van der Waals surface area contributed by atoms with E-state index in [2.05, 4.69) is 11.8 Å². The predicted octanol–water partition coefficient (Wildman–Crippen LogP) is 3.14. The lowest BCUT2D eigenvalue weighted by atomic mass is 10.2. The van der Waals surface area contributed by atoms with Crippen LogP contribution in [0.3, 0.4) is 0 Å². The Hall–Kier alpha value is -0.770. The molecule has 0 fully saturated rings. The van der Waals surface area contributed by atoms with Crippen molar-refractivity contribution in [2.45, 2.75) is 19.9 Å². The van der Waals surface area contributed by atoms with Crippen molar-refractivity contribution in [2.24, 2.45) is 5.73 Å². The van der Waals surface area contributed by atoms with Crippen molar-refractivity contribution in [3.63, 3.8) is 0 Å². The molecule has 3 nitrogen and oxygen atoms in total. The SMILES string of the molecule is CCN(CCC(=N)N)Cc1cccc(Cl)c1Cl. The Morgan fingerprint density at radius 2 is 2.12 bits per heavy atom. The maximum atomic E-state index is 7.22. The molecule has 0 saturated heterocycles. The van der Waals surface area contributed by atoms with Crippen LogP contribution in [0.25, 0.3) is 0 Å². The smallest absolute Gasteiger partial charge is 0.0918 e. The molecule has 0 aliphatic rings. The van der Waals surface area contributed by atoms with E-state index < -0.39 is 0 Å². The first kappa shape index (κ1) is 14.3. The minimum atomic E-state index is 0.209. The van der Waals surface area contributed by atoms with Gasteiger partial charge in [-0.3, -0.25) is 10.3 Å². The summed E-state index contributed by atoms with van der Waals surface area (Å²) in [5, 5.41) is 8.41. The summed E-state index contributed by atoms with van der Waals surface area (Å²) in [6.45, 7) is 4.44. The number of benzene rings is 1. The summed E-state index contributed by atoms with van der Waals surface area (Å²) in [5.74, 6) is 0.209. The van der Waals surface area contributed by atoms with E-state index in [9.17, 15) is 0 Å². The quantitative estimate of drug-likeness (QED) is 0.618. The van der Waals surface area contributed by atoms with Gasteiger partial charge in [-0.05, 0) is 18.2 Å². The minimum Gasteiger partial charge on any atom is -0.388 e. The number of nitrogens with one attached hydrogen (secondary N) is 1. The highest BCUT2D eigenvalue weighted by Crippen LogP contribution is 2.26. The zero-order chi connectivity index (χ0) is 12.8. The molecule has 0 bridgehead atoms. The van der Waals surface area contributed by atoms with Gasteiger partial charge in [0.25, 0.3) is 0 Å². The number of halogens is 2. The third kappa shape index (κ3) is 4.54. The normalized spacial score (nSPS) is 10.8. The van der Waals surface area contributed by atoms with Gasteiger partial charge < -0.3 is 5.73 Å². The Kier molecular flexibility index (Phi) is 5.75. The fourth-order valence-corrected chi connectivity index (χ4v) is 1.92. The first-order valence-electron chi connectivity index (χ1n) is 5.52. The van der Waals surface area contributed by atoms with Crippen LogP contribution in [-0.2, 0) is 6.54 Å². The van der Waals surface area contributed by atoms with Gasteiger partial charge >= 0.3 is 0 Å². The summed E-state index contributed by atoms with van der Waals surface area (Å²) in [6.07, 6.45) is 0.575. The molecule has 1 aromatic carbocycles. The molecule has 0 amide bonds. The van der Waals surface area contributed by atoms with Gasteiger partial charge in [-0.2, -0.15) is 0 Å². The molecule has 0 aliphatic carbocycles. The van der Waals surface area contributed by atoms with Crippen LogP contribution in [0.2, 0.25) is 10.0 Å². The van der Waals surface area contributed by atoms with Gasteiger partial charge in [-0.25, -0.2) is 0 Å². The highest BCUT2D eigenvalue weighted by molar-refractivity contribution is 6.42. The molecular weight excluding hydrogens is 257 g/mol. The molecule has 0 saturated carbocycles. The lowest BCUT2D eigenvalue weighted by molar-refractivity contribution is 0.288. The van der Waals surface area contributed by atoms with E-state index in [4.69, 9.17) is 34.3 Å². The van der Waals surface area contributed by atoms with Crippen LogP contribution >= 0.6 is 23.2 Å². The van der Waals surface area contributed by atoms with Crippen molar-refractivity contribution < 1.29 is 0 Å². The number of amidine groups is 1. The van der Waals surface area contributed by atoms with E-state index in [1.54, 1.807) is 6.07 Å². The van der Waals surface area contributed by atoms with Crippen LogP contribution in [0.5, 0.6) is 0 Å². The van der Waals surface area contributed by atoms with Gasteiger partial charge in [0.05, 0.1) is 15.9 Å². The van der Waals surface area contributed by atoms with Crippen LogP contribution in [0.1, 0.15) is 18.9 Å². The largest absolute Gasteiger partial charge is 0.388 e. The van der Waals surface area contributed by atoms with Crippen molar-refractivity contribution in [1.82, 2.24) is 4.90 Å². The van der Waals surface area contributed by atoms with Gasteiger partial charge in [0.1, 0.15) is 0 Å². The van der Waals surface area contributed by atoms with Gasteiger partial charge in [-0.15, -0.1) is 0 Å². The van der Waals surface area contributed by atoms with Crippen LogP contribution in [0, 0.1) is 5.41 Å². The standard InChI is InChI=1S/C12H17Cl2N3/c1-2-17(7-6-11(15)16)8-9-4-3-5-10(13)12(9)14/h3-5H,2,6-8H2,1H3,(H3,15,16). The minimum absolute atomic E-state index is 0.209. The van der Waals surface area contributed by atoms with E-state index >= 15 is 0 Å². The highest BCUT2D eigenvalue weighted by Gasteiger charge is 2.09. The third-order valence-corrected chi connectivity index (χ3v) is 3.43. The molecule has 1 aromatic rings. The lowest BCUT2D eigenvalue weighted by Gasteiger charge is -2.20. The predicted molar refractivity (Wildman–Crippen MR) is 73.9 cm³/mol. The Balaban J connectivity index is 2.67. The Morgan fingerprint density at radius 1 is 1.41 bits per heavy atom. The first-order valence-corrected chi connectivity index (χ1v) is 6.28. The van der Waals surface area contributed by atoms with E-state index in [1.807, 2.05) is 12.1 Å². The molecule has 0 unspecified atom stereocenters. The topological polar surface area (TPSA) is 53.1 Å². The van der Waals surface area contributed by atoms with Gasteiger partial charge in [-0.1, -0.05) is 42.3 Å². The Labute approximate surface area is 112 Å². The summed E-state index contributed by atoms with van der Waals surface area (Å²) in [5.41, 5.74) is 6.36. The summed E-state index contributed by atoms with van der Waals surface area (Å²) < 4.78 is 0. The average molecular weight is 274 g/mol. The average Bonchev–Trinajstić information content (AvgIpc) is 2.29. The molecule has 5 heteroatoms. The maximum Gasteiger partial charge on any atom is 0.0918 e. The summed E-state index contributed by atoms with van der Waals surface area (Å²) in [6, 6.07) is 5.63. The van der Waals surface area contributed by atoms with Crippen LogP contribution in [-0.4, -0.2) is 23.8 Å². The number of hydrogen-bond donors (Lipinski definition) is 2. The summed E-state index contributed by atoms with van der Waals surface area (Å²) in [7, 11) is 0. The van der Waals surface area contributed by atoms with E-state index in [0.29, 0.717) is 16.5 Å². The van der Waals surface area contributed by atoms with E-state index in [1.165, 1.54) is 0 Å². The molecule has 17 heavy (non-hydrogen) atoms. The molecule has 0 spiro atoms. The van der Waals surface area contributed by atoms with Gasteiger partial charge in [0.2, 0.25) is 0 Å². The monoisotopic (exact) mass is 273 g/mol. The Morgan fingerprint density at radius 3 is 2.71 bits per heavy atom.